The molecule has 0 aromatic heterocycles. The molecular weight excluding hydrogens is 520 g/mol. The Bertz CT molecular complexity index is 1110. The highest BCUT2D eigenvalue weighted by atomic mass is 79.9. The van der Waals surface area contributed by atoms with Gasteiger partial charge in [0.1, 0.15) is 17.5 Å². The largest absolute Gasteiger partial charge is 0.497 e. The zero-order chi connectivity index (χ0) is 25.8. The molecule has 0 aliphatic rings. The molecular formula is C29H33BrN2O4. The van der Waals surface area contributed by atoms with E-state index in [4.69, 9.17) is 9.47 Å². The minimum Gasteiger partial charge on any atom is -0.497 e. The fraction of sp³-hybridized carbons (Fsp3) is 0.310. The minimum absolute atomic E-state index is 0.0829. The Morgan fingerprint density at radius 3 is 2.31 bits per heavy atom. The summed E-state index contributed by atoms with van der Waals surface area (Å²) in [5, 5.41) is 2.92. The van der Waals surface area contributed by atoms with E-state index in [0.29, 0.717) is 32.5 Å². The molecule has 0 aliphatic carbocycles. The second-order valence-electron chi connectivity index (χ2n) is 8.38. The number of nitrogens with zero attached hydrogens (tertiary/aromatic N) is 1. The Balaban J connectivity index is 1.74. The number of hydrogen-bond acceptors (Lipinski definition) is 4. The number of carbonyl (C=O) groups excluding carboxylic acids is 2. The van der Waals surface area contributed by atoms with Crippen LogP contribution in [0.1, 0.15) is 30.9 Å². The summed E-state index contributed by atoms with van der Waals surface area (Å²) in [5.41, 5.74) is 1.96. The van der Waals surface area contributed by atoms with Crippen molar-refractivity contribution in [2.75, 3.05) is 20.3 Å². The molecule has 0 aliphatic heterocycles. The molecule has 0 fully saturated rings. The first kappa shape index (κ1) is 27.3. The predicted molar refractivity (Wildman–Crippen MR) is 145 cm³/mol. The molecule has 0 unspecified atom stereocenters. The van der Waals surface area contributed by atoms with Gasteiger partial charge in [-0.15, -0.1) is 0 Å². The monoisotopic (exact) mass is 552 g/mol. The summed E-state index contributed by atoms with van der Waals surface area (Å²) in [6, 6.07) is 24.3. The second kappa shape index (κ2) is 14.3. The fourth-order valence-corrected chi connectivity index (χ4v) is 4.35. The van der Waals surface area contributed by atoms with Gasteiger partial charge in [0.05, 0.1) is 13.7 Å². The second-order valence-corrected chi connectivity index (χ2v) is 9.29. The molecule has 0 bridgehead atoms. The topological polar surface area (TPSA) is 67.9 Å². The normalized spacial score (nSPS) is 11.4. The van der Waals surface area contributed by atoms with Crippen LogP contribution in [0.5, 0.6) is 11.5 Å². The van der Waals surface area contributed by atoms with E-state index in [2.05, 4.69) is 21.2 Å². The lowest BCUT2D eigenvalue weighted by atomic mass is 10.0. The van der Waals surface area contributed by atoms with Gasteiger partial charge in [0, 0.05) is 30.4 Å². The highest BCUT2D eigenvalue weighted by Gasteiger charge is 2.29. The SMILES string of the molecule is CCNC(=O)[C@H](Cc1ccccc1)N(Cc1cccc(Br)c1)C(=O)CCCOc1ccc(OC)cc1. The van der Waals surface area contributed by atoms with E-state index in [1.165, 1.54) is 0 Å². The number of hydrogen-bond donors (Lipinski definition) is 1. The van der Waals surface area contributed by atoms with Gasteiger partial charge in [0.15, 0.2) is 0 Å². The number of likely N-dealkylation sites (N-methyl/N-ethyl adjacent to an activating group) is 1. The molecule has 36 heavy (non-hydrogen) atoms. The van der Waals surface area contributed by atoms with E-state index in [9.17, 15) is 9.59 Å². The van der Waals surface area contributed by atoms with E-state index in [0.717, 1.165) is 27.1 Å². The summed E-state index contributed by atoms with van der Waals surface area (Å²) >= 11 is 3.51. The van der Waals surface area contributed by atoms with Gasteiger partial charge in [-0.3, -0.25) is 9.59 Å². The third kappa shape index (κ3) is 8.41. The smallest absolute Gasteiger partial charge is 0.243 e. The Kier molecular flexibility index (Phi) is 10.8. The zero-order valence-corrected chi connectivity index (χ0v) is 22.4. The molecule has 7 heteroatoms. The first-order chi connectivity index (χ1) is 17.5. The van der Waals surface area contributed by atoms with Gasteiger partial charge < -0.3 is 19.7 Å². The van der Waals surface area contributed by atoms with Crippen LogP contribution in [-0.4, -0.2) is 43.0 Å². The van der Waals surface area contributed by atoms with Crippen molar-refractivity contribution in [1.29, 1.82) is 0 Å². The molecule has 3 aromatic rings. The number of methoxy groups -OCH3 is 1. The van der Waals surface area contributed by atoms with E-state index >= 15 is 0 Å². The lowest BCUT2D eigenvalue weighted by Gasteiger charge is -2.31. The molecule has 6 nitrogen and oxygen atoms in total. The molecule has 1 atom stereocenters. The summed E-state index contributed by atoms with van der Waals surface area (Å²) in [4.78, 5) is 28.4. The average Bonchev–Trinajstić information content (AvgIpc) is 2.89. The molecule has 0 saturated heterocycles. The Labute approximate surface area is 221 Å². The first-order valence-corrected chi connectivity index (χ1v) is 12.9. The summed E-state index contributed by atoms with van der Waals surface area (Å²) in [6.07, 6.45) is 1.25. The van der Waals surface area contributed by atoms with Crippen LogP contribution in [0.25, 0.3) is 0 Å². The molecule has 0 spiro atoms. The highest BCUT2D eigenvalue weighted by molar-refractivity contribution is 9.10. The van der Waals surface area contributed by atoms with Crippen LogP contribution in [0.15, 0.2) is 83.3 Å². The van der Waals surface area contributed by atoms with E-state index in [-0.39, 0.29) is 18.2 Å². The molecule has 0 saturated carbocycles. The Morgan fingerprint density at radius 1 is 0.944 bits per heavy atom. The first-order valence-electron chi connectivity index (χ1n) is 12.1. The van der Waals surface area contributed by atoms with Crippen molar-refractivity contribution in [2.45, 2.75) is 38.8 Å². The Morgan fingerprint density at radius 2 is 1.64 bits per heavy atom. The van der Waals surface area contributed by atoms with Gasteiger partial charge in [-0.25, -0.2) is 0 Å². The van der Waals surface area contributed by atoms with Crippen molar-refractivity contribution in [1.82, 2.24) is 10.2 Å². The van der Waals surface area contributed by atoms with Crippen LogP contribution in [0.3, 0.4) is 0 Å². The number of amides is 2. The molecule has 1 N–H and O–H groups in total. The van der Waals surface area contributed by atoms with Gasteiger partial charge >= 0.3 is 0 Å². The Hall–Kier alpha value is -3.32. The van der Waals surface area contributed by atoms with Crippen LogP contribution in [0, 0.1) is 0 Å². The number of carbonyl (C=O) groups is 2. The standard InChI is InChI=1S/C29H33BrN2O4/c1-3-31-29(34)27(20-22-9-5-4-6-10-22)32(21-23-11-7-12-24(30)19-23)28(33)13-8-18-36-26-16-14-25(35-2)15-17-26/h4-7,9-12,14-17,19,27H,3,8,13,18,20-21H2,1-2H3,(H,31,34)/t27-/m0/s1. The number of nitrogens with one attached hydrogen (secondary N) is 1. The van der Waals surface area contributed by atoms with Crippen LogP contribution < -0.4 is 14.8 Å². The van der Waals surface area contributed by atoms with Crippen molar-refractivity contribution >= 4 is 27.7 Å². The van der Waals surface area contributed by atoms with Gasteiger partial charge in [-0.05, 0) is 60.9 Å². The third-order valence-corrected chi connectivity index (χ3v) is 6.22. The van der Waals surface area contributed by atoms with E-state index in [1.807, 2.05) is 85.8 Å². The molecule has 3 aromatic carbocycles. The maximum Gasteiger partial charge on any atom is 0.243 e. The zero-order valence-electron chi connectivity index (χ0n) is 20.8. The predicted octanol–water partition coefficient (Wildman–Crippen LogP) is 5.39. The number of ether oxygens (including phenoxy) is 2. The molecule has 0 heterocycles. The van der Waals surface area contributed by atoms with Crippen molar-refractivity contribution < 1.29 is 19.1 Å². The summed E-state index contributed by atoms with van der Waals surface area (Å²) in [5.74, 6) is 1.24. The van der Waals surface area contributed by atoms with Gasteiger partial charge in [0.2, 0.25) is 11.8 Å². The van der Waals surface area contributed by atoms with E-state index < -0.39 is 6.04 Å². The molecule has 0 radical (unpaired) electrons. The summed E-state index contributed by atoms with van der Waals surface area (Å²) in [6.45, 7) is 3.12. The lowest BCUT2D eigenvalue weighted by molar-refractivity contribution is -0.141. The van der Waals surface area contributed by atoms with Gasteiger partial charge in [-0.1, -0.05) is 58.4 Å². The lowest BCUT2D eigenvalue weighted by Crippen LogP contribution is -2.50. The van der Waals surface area contributed by atoms with Gasteiger partial charge in [-0.2, -0.15) is 0 Å². The highest BCUT2D eigenvalue weighted by Crippen LogP contribution is 2.20. The van der Waals surface area contributed by atoms with Crippen molar-refractivity contribution in [2.24, 2.45) is 0 Å². The number of benzene rings is 3. The van der Waals surface area contributed by atoms with Gasteiger partial charge in [0.25, 0.3) is 0 Å². The van der Waals surface area contributed by atoms with E-state index in [1.54, 1.807) is 12.0 Å². The van der Waals surface area contributed by atoms with Crippen molar-refractivity contribution in [3.05, 3.63) is 94.5 Å². The quantitative estimate of drug-likeness (QED) is 0.288. The number of rotatable bonds is 13. The van der Waals surface area contributed by atoms with Crippen LogP contribution in [-0.2, 0) is 22.6 Å². The van der Waals surface area contributed by atoms with Crippen LogP contribution >= 0.6 is 15.9 Å². The fourth-order valence-electron chi connectivity index (χ4n) is 3.91. The molecule has 2 amide bonds. The van der Waals surface area contributed by atoms with Crippen molar-refractivity contribution in [3.63, 3.8) is 0 Å². The van der Waals surface area contributed by atoms with Crippen LogP contribution in [0.4, 0.5) is 0 Å². The summed E-state index contributed by atoms with van der Waals surface area (Å²) in [7, 11) is 1.62. The number of halogens is 1. The average molecular weight is 553 g/mol. The summed E-state index contributed by atoms with van der Waals surface area (Å²) < 4.78 is 11.9. The maximum absolute atomic E-state index is 13.5. The minimum atomic E-state index is -0.624. The molecule has 190 valence electrons. The third-order valence-electron chi connectivity index (χ3n) is 5.73. The maximum atomic E-state index is 13.5. The van der Waals surface area contributed by atoms with Crippen molar-refractivity contribution in [3.8, 4) is 11.5 Å². The van der Waals surface area contributed by atoms with Crippen LogP contribution in [0.2, 0.25) is 0 Å². The molecule has 3 rings (SSSR count).